The van der Waals surface area contributed by atoms with Gasteiger partial charge in [0.15, 0.2) is 0 Å². The number of carboxylic acid groups (broad SMARTS) is 1. The molecule has 1 fully saturated rings. The Bertz CT molecular complexity index is 2110. The third-order valence-corrected chi connectivity index (χ3v) is 12.1. The van der Waals surface area contributed by atoms with Gasteiger partial charge in [0.2, 0.25) is 17.7 Å². The Morgan fingerprint density at radius 3 is 2.16 bits per heavy atom. The Kier molecular flexibility index (Phi) is 19.0. The number of imide groups is 3. The van der Waals surface area contributed by atoms with E-state index in [9.17, 15) is 56.3 Å². The van der Waals surface area contributed by atoms with Gasteiger partial charge in [-0.2, -0.15) is 0 Å². The maximum atomic E-state index is 14.8. The highest BCUT2D eigenvalue weighted by Gasteiger charge is 2.42. The highest BCUT2D eigenvalue weighted by molar-refractivity contribution is 7.90. The van der Waals surface area contributed by atoms with Crippen LogP contribution in [0.1, 0.15) is 120 Å². The Balaban J connectivity index is 2.02. The van der Waals surface area contributed by atoms with Crippen LogP contribution in [0, 0.1) is 23.6 Å². The fourth-order valence-corrected chi connectivity index (χ4v) is 7.98. The molecular formula is C40H54ClFN8O11S. The predicted octanol–water partition coefficient (Wildman–Crippen LogP) is 2.61. The normalized spacial score (nSPS) is 15.6. The number of rotatable bonds is 19. The smallest absolute Gasteiger partial charge is 0.337 e. The summed E-state index contributed by atoms with van der Waals surface area (Å²) in [6.07, 6.45) is 7.32. The number of carbonyl (C=O) groups is 8. The third-order valence-electron chi connectivity index (χ3n) is 10.4. The van der Waals surface area contributed by atoms with E-state index in [1.807, 2.05) is 13.8 Å². The molecule has 1 heterocycles. The van der Waals surface area contributed by atoms with Crippen LogP contribution in [-0.2, 0) is 38.8 Å². The maximum Gasteiger partial charge on any atom is 0.337 e. The van der Waals surface area contributed by atoms with E-state index < -0.39 is 115 Å². The minimum absolute atomic E-state index is 0.0568. The second kappa shape index (κ2) is 23.2. The number of halogens is 2. The lowest BCUT2D eigenvalue weighted by Crippen LogP contribution is -2.61. The summed E-state index contributed by atoms with van der Waals surface area (Å²) in [6.45, 7) is 8.62. The monoisotopic (exact) mass is 908 g/mol. The van der Waals surface area contributed by atoms with Crippen molar-refractivity contribution in [1.29, 1.82) is 0 Å². The number of nitrogens with two attached hydrogens (primary N) is 1. The first kappa shape index (κ1) is 50.9. The van der Waals surface area contributed by atoms with Crippen molar-refractivity contribution < 1.29 is 56.3 Å². The highest BCUT2D eigenvalue weighted by Crippen LogP contribution is 2.29. The topological polar surface area (TPSA) is 294 Å². The number of benzene rings is 1. The zero-order chi connectivity index (χ0) is 46.5. The molecule has 1 aromatic heterocycles. The fourth-order valence-electron chi connectivity index (χ4n) is 6.72. The van der Waals surface area contributed by atoms with E-state index >= 15 is 0 Å². The van der Waals surface area contributed by atoms with Gasteiger partial charge in [-0.25, -0.2) is 32.2 Å². The highest BCUT2D eigenvalue weighted by atomic mass is 35.5. The zero-order valence-corrected chi connectivity index (χ0v) is 36.7. The van der Waals surface area contributed by atoms with Crippen molar-refractivity contribution in [2.75, 3.05) is 0 Å². The summed E-state index contributed by atoms with van der Waals surface area (Å²) in [5, 5.41) is 16.6. The van der Waals surface area contributed by atoms with Gasteiger partial charge in [-0.1, -0.05) is 84.7 Å². The van der Waals surface area contributed by atoms with Crippen LogP contribution >= 0.6 is 11.6 Å². The van der Waals surface area contributed by atoms with Crippen LogP contribution in [-0.4, -0.2) is 99.9 Å². The molecule has 7 N–H and O–H groups in total. The number of aromatic nitrogens is 2. The molecule has 0 bridgehead atoms. The van der Waals surface area contributed by atoms with Crippen LogP contribution < -0.4 is 26.4 Å². The molecule has 0 spiro atoms. The zero-order valence-electron chi connectivity index (χ0n) is 35.1. The summed E-state index contributed by atoms with van der Waals surface area (Å²) >= 11 is 5.72. The van der Waals surface area contributed by atoms with Crippen LogP contribution in [0.25, 0.3) is 0 Å². The number of amides is 7. The average molecular weight is 909 g/mol. The van der Waals surface area contributed by atoms with Crippen LogP contribution in [0.5, 0.6) is 0 Å². The second-order valence-electron chi connectivity index (χ2n) is 15.7. The molecule has 1 aromatic carbocycles. The molecule has 0 radical (unpaired) electrons. The van der Waals surface area contributed by atoms with E-state index in [0.717, 1.165) is 19.3 Å². The van der Waals surface area contributed by atoms with Crippen molar-refractivity contribution in [1.82, 2.24) is 35.5 Å². The summed E-state index contributed by atoms with van der Waals surface area (Å²) in [6, 6.07) is -4.45. The number of aromatic carboxylic acids is 1. The van der Waals surface area contributed by atoms with Gasteiger partial charge in [-0.15, -0.1) is 0 Å². The minimum Gasteiger partial charge on any atom is -0.478 e. The summed E-state index contributed by atoms with van der Waals surface area (Å²) in [7, 11) is -5.39. The van der Waals surface area contributed by atoms with Gasteiger partial charge in [0, 0.05) is 24.9 Å². The number of hydrogen-bond donors (Lipinski definition) is 6. The molecule has 19 nitrogen and oxygen atoms in total. The first-order valence-electron chi connectivity index (χ1n) is 20.2. The SMILES string of the molecule is CCC(N)CC(=O)N(C(=O)C(=O)NS(=O)(=O)c1cc(C(=O)O)c(Cl)cc1F)C(=O)[C@H](CC1CCCCC1)NC(=O)[C@@H](NC(=O)[C@H](CC(C)C)NC(=O)c1cnccn1)[C@@H](C)CC. The molecule has 1 aliphatic rings. The lowest BCUT2D eigenvalue weighted by Gasteiger charge is -2.32. The third kappa shape index (κ3) is 14.1. The number of nitrogens with zero attached hydrogens (tertiary/aromatic N) is 3. The number of hydrogen-bond acceptors (Lipinski definition) is 13. The minimum atomic E-state index is -5.39. The number of carbonyl (C=O) groups excluding carboxylic acids is 7. The molecule has 0 saturated heterocycles. The number of sulfonamides is 1. The summed E-state index contributed by atoms with van der Waals surface area (Å²) in [5.41, 5.74) is 5.07. The summed E-state index contributed by atoms with van der Waals surface area (Å²) in [4.78, 5) is 115. The van der Waals surface area contributed by atoms with Crippen LogP contribution in [0.2, 0.25) is 5.02 Å². The molecule has 62 heavy (non-hydrogen) atoms. The Labute approximate surface area is 363 Å². The van der Waals surface area contributed by atoms with E-state index in [4.69, 9.17) is 17.3 Å². The molecule has 3 rings (SSSR count). The van der Waals surface area contributed by atoms with Gasteiger partial charge in [0.25, 0.3) is 21.8 Å². The first-order valence-corrected chi connectivity index (χ1v) is 22.1. The van der Waals surface area contributed by atoms with Gasteiger partial charge in [-0.3, -0.25) is 38.5 Å². The molecule has 5 atom stereocenters. The standard InChI is InChI=1S/C40H54ClFN8O11S/c1-6-22(5)33(48-34(52)28(15-21(3)4)46-35(53)30-20-44-13-14-45-30)36(54)47-29(16-23-11-9-8-10-12-23)38(56)50(32(51)17-24(43)7-2)39(57)37(55)49-62(60,61)31-18-25(40(58)59)26(41)19-27(31)42/h13-14,18-24,28-29,33H,6-12,15-17,43H2,1-5H3,(H,46,53)(H,47,54)(H,48,52)(H,49,55)(H,58,59)/t22-,24?,28-,29-,33-/m0/s1. The second-order valence-corrected chi connectivity index (χ2v) is 17.7. The molecule has 22 heteroatoms. The van der Waals surface area contributed by atoms with Gasteiger partial charge in [0.1, 0.15) is 34.5 Å². The van der Waals surface area contributed by atoms with Crippen LogP contribution in [0.3, 0.4) is 0 Å². The quantitative estimate of drug-likeness (QED) is 0.111. The van der Waals surface area contributed by atoms with Crippen LogP contribution in [0.4, 0.5) is 4.39 Å². The van der Waals surface area contributed by atoms with Gasteiger partial charge in [0.05, 0.1) is 16.8 Å². The number of nitrogens with one attached hydrogen (secondary N) is 4. The van der Waals surface area contributed by atoms with E-state index in [2.05, 4.69) is 25.9 Å². The van der Waals surface area contributed by atoms with Crippen molar-refractivity contribution in [3.63, 3.8) is 0 Å². The van der Waals surface area contributed by atoms with Crippen molar-refractivity contribution >= 4 is 68.9 Å². The Hall–Kier alpha value is -5.41. The molecule has 1 saturated carbocycles. The molecule has 0 aliphatic heterocycles. The average Bonchev–Trinajstić information content (AvgIpc) is 3.21. The number of carboxylic acids is 1. The molecule has 2 aromatic rings. The fraction of sp³-hybridized carbons (Fsp3) is 0.550. The molecule has 1 aliphatic carbocycles. The largest absolute Gasteiger partial charge is 0.478 e. The predicted molar refractivity (Wildman–Crippen MR) is 221 cm³/mol. The van der Waals surface area contributed by atoms with Crippen molar-refractivity contribution in [3.05, 3.63) is 52.8 Å². The van der Waals surface area contributed by atoms with Crippen molar-refractivity contribution in [2.24, 2.45) is 23.5 Å². The van der Waals surface area contributed by atoms with E-state index in [1.165, 1.54) is 23.3 Å². The van der Waals surface area contributed by atoms with Crippen LogP contribution in [0.15, 0.2) is 35.6 Å². The first-order chi connectivity index (χ1) is 29.1. The molecule has 1 unspecified atom stereocenters. The van der Waals surface area contributed by atoms with E-state index in [0.29, 0.717) is 31.4 Å². The van der Waals surface area contributed by atoms with Gasteiger partial charge in [-0.05, 0) is 49.1 Å². The van der Waals surface area contributed by atoms with Gasteiger partial charge >= 0.3 is 17.8 Å². The van der Waals surface area contributed by atoms with Gasteiger partial charge < -0.3 is 26.8 Å². The molecule has 340 valence electrons. The van der Waals surface area contributed by atoms with Crippen molar-refractivity contribution in [2.45, 2.75) is 128 Å². The van der Waals surface area contributed by atoms with Crippen molar-refractivity contribution in [3.8, 4) is 0 Å². The van der Waals surface area contributed by atoms with E-state index in [-0.39, 0.29) is 41.7 Å². The lowest BCUT2D eigenvalue weighted by atomic mass is 9.84. The molecular weight excluding hydrogens is 855 g/mol. The summed E-state index contributed by atoms with van der Waals surface area (Å²) < 4.78 is 42.5. The maximum absolute atomic E-state index is 14.8. The lowest BCUT2D eigenvalue weighted by molar-refractivity contribution is -0.160. The van der Waals surface area contributed by atoms with E-state index in [1.54, 1.807) is 20.8 Å². The Morgan fingerprint density at radius 2 is 1.60 bits per heavy atom. The molecule has 7 amide bonds. The summed E-state index contributed by atoms with van der Waals surface area (Å²) in [5.74, 6) is -13.5. The Morgan fingerprint density at radius 1 is 0.935 bits per heavy atom.